The largest absolute Gasteiger partial charge is 0.458 e. The summed E-state index contributed by atoms with van der Waals surface area (Å²) in [7, 11) is 0. The number of rotatable bonds is 7. The lowest BCUT2D eigenvalue weighted by molar-refractivity contribution is -0.181. The highest BCUT2D eigenvalue weighted by Gasteiger charge is 2.57. The van der Waals surface area contributed by atoms with Gasteiger partial charge in [0, 0.05) is 25.9 Å². The first kappa shape index (κ1) is 19.2. The number of amides is 1. The van der Waals surface area contributed by atoms with E-state index in [4.69, 9.17) is 9.47 Å². The van der Waals surface area contributed by atoms with E-state index in [1.165, 1.54) is 0 Å². The van der Waals surface area contributed by atoms with E-state index in [0.717, 1.165) is 38.8 Å². The van der Waals surface area contributed by atoms with Crippen LogP contribution in [0.2, 0.25) is 0 Å². The number of hydrogen-bond donors (Lipinski definition) is 0. The van der Waals surface area contributed by atoms with Crippen LogP contribution >= 0.6 is 0 Å². The smallest absolute Gasteiger partial charge is 0.307 e. The molecule has 0 aromatic carbocycles. The van der Waals surface area contributed by atoms with Crippen molar-refractivity contribution < 1.29 is 19.1 Å². The molecule has 0 radical (unpaired) electrons. The summed E-state index contributed by atoms with van der Waals surface area (Å²) in [5, 5.41) is 0. The molecular weight excluding hydrogens is 306 g/mol. The Morgan fingerprint density at radius 2 is 1.83 bits per heavy atom. The quantitative estimate of drug-likeness (QED) is 0.668. The minimum Gasteiger partial charge on any atom is -0.458 e. The predicted octanol–water partition coefficient (Wildman–Crippen LogP) is 3.31. The summed E-state index contributed by atoms with van der Waals surface area (Å²) in [5.74, 6) is -0.501. The highest BCUT2D eigenvalue weighted by molar-refractivity contribution is 5.88. The van der Waals surface area contributed by atoms with E-state index in [2.05, 4.69) is 13.8 Å². The number of carbonyl (C=O) groups excluding carboxylic acids is 2. The van der Waals surface area contributed by atoms with Gasteiger partial charge in [-0.25, -0.2) is 0 Å². The summed E-state index contributed by atoms with van der Waals surface area (Å²) < 4.78 is 11.5. The minimum absolute atomic E-state index is 0.0976. The SMILES string of the molecule is CCCCN(CCCC)C(=O)[C@H]1CC(=O)O[C@@]12CCOC(C)(C)C2. The van der Waals surface area contributed by atoms with Crippen LogP contribution in [0.5, 0.6) is 0 Å². The molecule has 0 aromatic heterocycles. The Kier molecular flexibility index (Phi) is 6.29. The molecule has 2 heterocycles. The second kappa shape index (κ2) is 7.85. The fourth-order valence-corrected chi connectivity index (χ4v) is 4.00. The van der Waals surface area contributed by atoms with Gasteiger partial charge >= 0.3 is 5.97 Å². The monoisotopic (exact) mass is 339 g/mol. The Balaban J connectivity index is 2.18. The lowest BCUT2D eigenvalue weighted by Gasteiger charge is -2.44. The van der Waals surface area contributed by atoms with E-state index < -0.39 is 5.60 Å². The van der Waals surface area contributed by atoms with E-state index in [9.17, 15) is 9.59 Å². The summed E-state index contributed by atoms with van der Waals surface area (Å²) in [6.07, 6.45) is 5.54. The van der Waals surface area contributed by atoms with Gasteiger partial charge in [0.25, 0.3) is 0 Å². The van der Waals surface area contributed by atoms with Crippen LogP contribution in [0.25, 0.3) is 0 Å². The molecule has 0 saturated carbocycles. The third kappa shape index (κ3) is 4.29. The van der Waals surface area contributed by atoms with E-state index in [1.54, 1.807) is 0 Å². The van der Waals surface area contributed by atoms with Crippen LogP contribution in [0.4, 0.5) is 0 Å². The summed E-state index contributed by atoms with van der Waals surface area (Å²) >= 11 is 0. The zero-order chi connectivity index (χ0) is 17.8. The number of ether oxygens (including phenoxy) is 2. The third-order valence-electron chi connectivity index (χ3n) is 5.24. The number of esters is 1. The molecule has 1 spiro atoms. The molecule has 2 atom stereocenters. The molecule has 0 bridgehead atoms. The Hall–Kier alpha value is -1.10. The van der Waals surface area contributed by atoms with Crippen LogP contribution in [0.15, 0.2) is 0 Å². The van der Waals surface area contributed by atoms with Crippen molar-refractivity contribution in [2.45, 2.75) is 83.8 Å². The Bertz CT molecular complexity index is 454. The number of carbonyl (C=O) groups is 2. The fraction of sp³-hybridized carbons (Fsp3) is 0.895. The second-order valence-electron chi connectivity index (χ2n) is 7.86. The van der Waals surface area contributed by atoms with Crippen LogP contribution in [0.3, 0.4) is 0 Å². The molecule has 0 aliphatic carbocycles. The average Bonchev–Trinajstić information content (AvgIpc) is 2.81. The van der Waals surface area contributed by atoms with Gasteiger partial charge in [0.15, 0.2) is 0 Å². The van der Waals surface area contributed by atoms with Crippen molar-refractivity contribution in [2.75, 3.05) is 19.7 Å². The summed E-state index contributed by atoms with van der Waals surface area (Å²) in [6, 6.07) is 0. The van der Waals surface area contributed by atoms with Crippen LogP contribution in [0, 0.1) is 5.92 Å². The first-order valence-electron chi connectivity index (χ1n) is 9.48. The van der Waals surface area contributed by atoms with Crippen molar-refractivity contribution in [1.82, 2.24) is 4.90 Å². The average molecular weight is 339 g/mol. The molecular formula is C19H33NO4. The topological polar surface area (TPSA) is 55.8 Å². The molecule has 0 N–H and O–H groups in total. The molecule has 5 heteroatoms. The van der Waals surface area contributed by atoms with E-state index >= 15 is 0 Å². The van der Waals surface area contributed by atoms with Gasteiger partial charge in [-0.15, -0.1) is 0 Å². The Morgan fingerprint density at radius 1 is 1.21 bits per heavy atom. The zero-order valence-corrected chi connectivity index (χ0v) is 15.7. The Morgan fingerprint density at radius 3 is 2.38 bits per heavy atom. The van der Waals surface area contributed by atoms with Gasteiger partial charge in [-0.05, 0) is 26.7 Å². The maximum atomic E-state index is 13.2. The van der Waals surface area contributed by atoms with Crippen LogP contribution < -0.4 is 0 Å². The highest BCUT2D eigenvalue weighted by atomic mass is 16.6. The van der Waals surface area contributed by atoms with Gasteiger partial charge in [0.05, 0.1) is 24.5 Å². The van der Waals surface area contributed by atoms with Gasteiger partial charge in [-0.1, -0.05) is 26.7 Å². The van der Waals surface area contributed by atoms with Gasteiger partial charge in [0.1, 0.15) is 5.60 Å². The summed E-state index contributed by atoms with van der Waals surface area (Å²) in [4.78, 5) is 27.3. The molecule has 2 aliphatic rings. The molecule has 1 amide bonds. The maximum Gasteiger partial charge on any atom is 0.307 e. The highest BCUT2D eigenvalue weighted by Crippen LogP contribution is 2.46. The van der Waals surface area contributed by atoms with Crippen molar-refractivity contribution >= 4 is 11.9 Å². The van der Waals surface area contributed by atoms with Crippen molar-refractivity contribution in [3.05, 3.63) is 0 Å². The van der Waals surface area contributed by atoms with Gasteiger partial charge in [-0.2, -0.15) is 0 Å². The van der Waals surface area contributed by atoms with Crippen molar-refractivity contribution in [1.29, 1.82) is 0 Å². The lowest BCUT2D eigenvalue weighted by atomic mass is 9.75. The van der Waals surface area contributed by atoms with Gasteiger partial charge in [-0.3, -0.25) is 9.59 Å². The van der Waals surface area contributed by atoms with E-state index in [0.29, 0.717) is 19.4 Å². The predicted molar refractivity (Wildman–Crippen MR) is 92.6 cm³/mol. The number of hydrogen-bond acceptors (Lipinski definition) is 4. The van der Waals surface area contributed by atoms with Gasteiger partial charge in [0.2, 0.25) is 5.91 Å². The Labute approximate surface area is 146 Å². The molecule has 138 valence electrons. The van der Waals surface area contributed by atoms with Crippen LogP contribution in [-0.2, 0) is 19.1 Å². The minimum atomic E-state index is -0.674. The standard InChI is InChI=1S/C19H33NO4/c1-5-7-10-20(11-8-6-2)17(22)15-13-16(21)24-19(15)9-12-23-18(3,4)14-19/h15H,5-14H2,1-4H3/t15-,19-/m1/s1. The van der Waals surface area contributed by atoms with E-state index in [-0.39, 0.29) is 29.8 Å². The van der Waals surface area contributed by atoms with Crippen molar-refractivity contribution in [2.24, 2.45) is 5.92 Å². The zero-order valence-electron chi connectivity index (χ0n) is 15.7. The maximum absolute atomic E-state index is 13.2. The number of nitrogens with zero attached hydrogens (tertiary/aromatic N) is 1. The van der Waals surface area contributed by atoms with E-state index in [1.807, 2.05) is 18.7 Å². The first-order chi connectivity index (χ1) is 11.3. The van der Waals surface area contributed by atoms with Crippen molar-refractivity contribution in [3.63, 3.8) is 0 Å². The molecule has 2 saturated heterocycles. The second-order valence-corrected chi connectivity index (χ2v) is 7.86. The molecule has 24 heavy (non-hydrogen) atoms. The summed E-state index contributed by atoms with van der Waals surface area (Å²) in [5.41, 5.74) is -1.04. The molecule has 2 fully saturated rings. The summed E-state index contributed by atoms with van der Waals surface area (Å²) in [6.45, 7) is 10.4. The lowest BCUT2D eigenvalue weighted by Crippen LogP contribution is -2.53. The van der Waals surface area contributed by atoms with Gasteiger partial charge < -0.3 is 14.4 Å². The van der Waals surface area contributed by atoms with Crippen LogP contribution in [0.1, 0.15) is 72.6 Å². The van der Waals surface area contributed by atoms with Crippen LogP contribution in [-0.4, -0.2) is 47.7 Å². The first-order valence-corrected chi connectivity index (χ1v) is 9.48. The number of unbranched alkanes of at least 4 members (excludes halogenated alkanes) is 2. The van der Waals surface area contributed by atoms with Crippen molar-refractivity contribution in [3.8, 4) is 0 Å². The molecule has 2 aliphatic heterocycles. The normalized spacial score (nSPS) is 28.8. The molecule has 0 unspecified atom stereocenters. The molecule has 0 aromatic rings. The molecule has 5 nitrogen and oxygen atoms in total. The molecule has 2 rings (SSSR count). The third-order valence-corrected chi connectivity index (χ3v) is 5.24. The fourth-order valence-electron chi connectivity index (χ4n) is 4.00.